The molecule has 5 nitrogen and oxygen atoms in total. The Bertz CT molecular complexity index is 737. The Morgan fingerprint density at radius 3 is 2.67 bits per heavy atom. The van der Waals surface area contributed by atoms with E-state index in [1.807, 2.05) is 4.90 Å². The Kier molecular flexibility index (Phi) is 3.79. The number of nitriles is 1. The van der Waals surface area contributed by atoms with Gasteiger partial charge in [-0.1, -0.05) is 11.6 Å². The fourth-order valence-electron chi connectivity index (χ4n) is 2.45. The fourth-order valence-corrected chi connectivity index (χ4v) is 2.76. The van der Waals surface area contributed by atoms with Gasteiger partial charge in [0.2, 0.25) is 5.28 Å². The molecule has 0 saturated carbocycles. The number of halogens is 3. The standard InChI is InChI=1S/C13H10Cl2FN5/c14-11-9(16)10-8(6-18-11)12(20-13(15)19-10)21-3-1-7(5-17)2-4-21/h6-7H,1-4H2. The summed E-state index contributed by atoms with van der Waals surface area (Å²) >= 11 is 11.6. The van der Waals surface area contributed by atoms with E-state index in [1.165, 1.54) is 6.20 Å². The summed E-state index contributed by atoms with van der Waals surface area (Å²) in [5.74, 6) is -0.120. The normalized spacial score (nSPS) is 16.2. The van der Waals surface area contributed by atoms with Gasteiger partial charge in [0.25, 0.3) is 0 Å². The van der Waals surface area contributed by atoms with Crippen molar-refractivity contribution in [2.75, 3.05) is 18.0 Å². The Balaban J connectivity index is 2.07. The molecule has 3 rings (SSSR count). The predicted molar refractivity (Wildman–Crippen MR) is 77.9 cm³/mol. The summed E-state index contributed by atoms with van der Waals surface area (Å²) in [7, 11) is 0. The van der Waals surface area contributed by atoms with Gasteiger partial charge in [-0.25, -0.2) is 14.4 Å². The molecule has 2 aromatic rings. The SMILES string of the molecule is N#CC1CCN(c2nc(Cl)nc3c(F)c(Cl)ncc23)CC1. The van der Waals surface area contributed by atoms with Crippen LogP contribution < -0.4 is 4.90 Å². The minimum atomic E-state index is -0.702. The molecule has 0 bridgehead atoms. The molecule has 1 saturated heterocycles. The molecule has 2 aromatic heterocycles. The number of hydrogen-bond donors (Lipinski definition) is 0. The van der Waals surface area contributed by atoms with Crippen LogP contribution in [0.5, 0.6) is 0 Å². The minimum absolute atomic E-state index is 0.0407. The third kappa shape index (κ3) is 2.59. The molecule has 0 amide bonds. The lowest BCUT2D eigenvalue weighted by Gasteiger charge is -2.30. The van der Waals surface area contributed by atoms with Gasteiger partial charge in [0.1, 0.15) is 11.3 Å². The zero-order valence-electron chi connectivity index (χ0n) is 10.9. The highest BCUT2D eigenvalue weighted by Crippen LogP contribution is 2.31. The number of hydrogen-bond acceptors (Lipinski definition) is 5. The van der Waals surface area contributed by atoms with E-state index in [1.54, 1.807) is 0 Å². The highest BCUT2D eigenvalue weighted by Gasteiger charge is 2.23. The zero-order valence-corrected chi connectivity index (χ0v) is 12.4. The summed E-state index contributed by atoms with van der Waals surface area (Å²) in [6.07, 6.45) is 2.93. The summed E-state index contributed by atoms with van der Waals surface area (Å²) in [5, 5.41) is 9.13. The van der Waals surface area contributed by atoms with Crippen LogP contribution in [0.1, 0.15) is 12.8 Å². The molecule has 1 fully saturated rings. The molecule has 108 valence electrons. The van der Waals surface area contributed by atoms with Crippen molar-refractivity contribution in [3.05, 3.63) is 22.5 Å². The van der Waals surface area contributed by atoms with E-state index in [4.69, 9.17) is 28.5 Å². The van der Waals surface area contributed by atoms with Gasteiger partial charge in [-0.15, -0.1) is 0 Å². The third-order valence-corrected chi connectivity index (χ3v) is 4.00. The van der Waals surface area contributed by atoms with Crippen molar-refractivity contribution >= 4 is 39.9 Å². The van der Waals surface area contributed by atoms with Gasteiger partial charge in [0.05, 0.1) is 11.5 Å². The number of nitrogens with zero attached hydrogens (tertiary/aromatic N) is 5. The first kappa shape index (κ1) is 14.2. The largest absolute Gasteiger partial charge is 0.356 e. The summed E-state index contributed by atoms with van der Waals surface area (Å²) in [5.41, 5.74) is 0.0624. The summed E-state index contributed by atoms with van der Waals surface area (Å²) in [6, 6.07) is 2.27. The molecule has 1 aliphatic rings. The highest BCUT2D eigenvalue weighted by atomic mass is 35.5. The average Bonchev–Trinajstić information content (AvgIpc) is 2.51. The van der Waals surface area contributed by atoms with Crippen molar-refractivity contribution in [2.24, 2.45) is 5.92 Å². The van der Waals surface area contributed by atoms with Crippen molar-refractivity contribution in [2.45, 2.75) is 12.8 Å². The molecule has 1 aliphatic heterocycles. The maximum absolute atomic E-state index is 14.0. The van der Waals surface area contributed by atoms with Crippen LogP contribution in [0.15, 0.2) is 6.20 Å². The predicted octanol–water partition coefficient (Wildman–Crippen LogP) is 3.21. The molecule has 0 atom stereocenters. The summed E-state index contributed by atoms with van der Waals surface area (Å²) < 4.78 is 14.0. The maximum Gasteiger partial charge on any atom is 0.225 e. The van der Waals surface area contributed by atoms with Gasteiger partial charge in [-0.05, 0) is 24.4 Å². The Hall–Kier alpha value is -1.71. The molecule has 0 spiro atoms. The lowest BCUT2D eigenvalue weighted by Crippen LogP contribution is -2.34. The second-order valence-electron chi connectivity index (χ2n) is 4.83. The highest BCUT2D eigenvalue weighted by molar-refractivity contribution is 6.30. The van der Waals surface area contributed by atoms with Crippen molar-refractivity contribution in [3.8, 4) is 6.07 Å². The Morgan fingerprint density at radius 2 is 2.00 bits per heavy atom. The number of pyridine rings is 1. The van der Waals surface area contributed by atoms with Crippen LogP contribution in [-0.2, 0) is 0 Å². The number of aromatic nitrogens is 3. The quantitative estimate of drug-likeness (QED) is 0.595. The van der Waals surface area contributed by atoms with E-state index in [9.17, 15) is 4.39 Å². The topological polar surface area (TPSA) is 65.7 Å². The van der Waals surface area contributed by atoms with Crippen LogP contribution in [0.25, 0.3) is 10.9 Å². The molecule has 8 heteroatoms. The Labute approximate surface area is 130 Å². The molecule has 0 aromatic carbocycles. The second kappa shape index (κ2) is 5.58. The van der Waals surface area contributed by atoms with Crippen LogP contribution >= 0.6 is 23.2 Å². The van der Waals surface area contributed by atoms with Gasteiger partial charge in [-0.2, -0.15) is 10.2 Å². The van der Waals surface area contributed by atoms with Gasteiger partial charge in [-0.3, -0.25) is 0 Å². The molecule has 0 unspecified atom stereocenters. The minimum Gasteiger partial charge on any atom is -0.356 e. The van der Waals surface area contributed by atoms with E-state index >= 15 is 0 Å². The number of rotatable bonds is 1. The molecular formula is C13H10Cl2FN5. The zero-order chi connectivity index (χ0) is 15.0. The van der Waals surface area contributed by atoms with Crippen molar-refractivity contribution in [1.29, 1.82) is 5.26 Å². The smallest absolute Gasteiger partial charge is 0.225 e. The van der Waals surface area contributed by atoms with Crippen LogP contribution in [0.4, 0.5) is 10.2 Å². The lowest BCUT2D eigenvalue weighted by atomic mass is 9.98. The Morgan fingerprint density at radius 1 is 1.29 bits per heavy atom. The van der Waals surface area contributed by atoms with Crippen LogP contribution in [0, 0.1) is 23.1 Å². The van der Waals surface area contributed by atoms with Crippen LogP contribution in [-0.4, -0.2) is 28.0 Å². The number of piperidine rings is 1. The summed E-state index contributed by atoms with van der Waals surface area (Å²) in [4.78, 5) is 13.9. The molecule has 3 heterocycles. The average molecular weight is 326 g/mol. The first-order valence-electron chi connectivity index (χ1n) is 6.42. The van der Waals surface area contributed by atoms with Crippen LogP contribution in [0.2, 0.25) is 10.4 Å². The van der Waals surface area contributed by atoms with Gasteiger partial charge in [0.15, 0.2) is 11.0 Å². The second-order valence-corrected chi connectivity index (χ2v) is 5.53. The first-order valence-corrected chi connectivity index (χ1v) is 7.17. The monoisotopic (exact) mass is 325 g/mol. The molecule has 0 N–H and O–H groups in total. The number of fused-ring (bicyclic) bond motifs is 1. The van der Waals surface area contributed by atoms with Gasteiger partial charge >= 0.3 is 0 Å². The van der Waals surface area contributed by atoms with Gasteiger partial charge < -0.3 is 4.90 Å². The molecule has 0 radical (unpaired) electrons. The maximum atomic E-state index is 14.0. The van der Waals surface area contributed by atoms with Crippen molar-refractivity contribution in [3.63, 3.8) is 0 Å². The van der Waals surface area contributed by atoms with E-state index in [0.717, 1.165) is 12.8 Å². The van der Waals surface area contributed by atoms with E-state index in [-0.39, 0.29) is 21.9 Å². The van der Waals surface area contributed by atoms with E-state index in [0.29, 0.717) is 24.3 Å². The third-order valence-electron chi connectivity index (χ3n) is 3.57. The van der Waals surface area contributed by atoms with Crippen molar-refractivity contribution < 1.29 is 4.39 Å². The first-order chi connectivity index (χ1) is 10.1. The molecule has 0 aliphatic carbocycles. The van der Waals surface area contributed by atoms with Crippen LogP contribution in [0.3, 0.4) is 0 Å². The molecule has 21 heavy (non-hydrogen) atoms. The fraction of sp³-hybridized carbons (Fsp3) is 0.385. The lowest BCUT2D eigenvalue weighted by molar-refractivity contribution is 0.486. The van der Waals surface area contributed by atoms with Crippen molar-refractivity contribution in [1.82, 2.24) is 15.0 Å². The van der Waals surface area contributed by atoms with E-state index in [2.05, 4.69) is 21.0 Å². The summed E-state index contributed by atoms with van der Waals surface area (Å²) in [6.45, 7) is 1.32. The van der Waals surface area contributed by atoms with E-state index < -0.39 is 5.82 Å². The van der Waals surface area contributed by atoms with Gasteiger partial charge in [0, 0.05) is 25.2 Å². The number of anilines is 1. The molecular weight excluding hydrogens is 316 g/mol.